The van der Waals surface area contributed by atoms with Crippen molar-refractivity contribution >= 4 is 33.3 Å². The van der Waals surface area contributed by atoms with E-state index in [1.165, 1.54) is 25.3 Å². The Labute approximate surface area is 151 Å². The van der Waals surface area contributed by atoms with Crippen LogP contribution in [0.3, 0.4) is 0 Å². The van der Waals surface area contributed by atoms with Crippen molar-refractivity contribution in [3.8, 4) is 5.75 Å². The molecule has 0 spiro atoms. The molecule has 0 aromatic heterocycles. The Morgan fingerprint density at radius 3 is 2.32 bits per heavy atom. The molecule has 0 bridgehead atoms. The van der Waals surface area contributed by atoms with E-state index in [-0.39, 0.29) is 15.6 Å². The number of benzene rings is 2. The molecule has 0 aliphatic rings. The molecule has 0 unspecified atom stereocenters. The number of aliphatic carboxylic acids is 1. The van der Waals surface area contributed by atoms with Crippen LogP contribution in [0, 0.1) is 0 Å². The summed E-state index contributed by atoms with van der Waals surface area (Å²) in [4.78, 5) is 11.1. The molecule has 0 atom stereocenters. The van der Waals surface area contributed by atoms with Crippen LogP contribution in [0.4, 0.5) is 5.69 Å². The lowest BCUT2D eigenvalue weighted by Gasteiger charge is -2.23. The second-order valence-electron chi connectivity index (χ2n) is 5.22. The first-order valence-electron chi connectivity index (χ1n) is 7.46. The average Bonchev–Trinajstić information content (AvgIpc) is 2.59. The smallest absolute Gasteiger partial charge is 0.324 e. The molecular weight excluding hydrogens is 366 g/mol. The predicted octanol–water partition coefficient (Wildman–Crippen LogP) is 3.19. The molecule has 0 aliphatic carbocycles. The van der Waals surface area contributed by atoms with Crippen molar-refractivity contribution in [3.63, 3.8) is 0 Å². The Bertz CT molecular complexity index is 865. The number of hydrogen-bond acceptors (Lipinski definition) is 4. The molecule has 8 heteroatoms. The van der Waals surface area contributed by atoms with E-state index in [1.807, 2.05) is 6.92 Å². The molecule has 0 saturated heterocycles. The third-order valence-electron chi connectivity index (χ3n) is 3.62. The van der Waals surface area contributed by atoms with Crippen LogP contribution in [-0.4, -0.2) is 33.1 Å². The Hall–Kier alpha value is -2.25. The van der Waals surface area contributed by atoms with Crippen LogP contribution in [0.15, 0.2) is 47.4 Å². The minimum absolute atomic E-state index is 0.112. The van der Waals surface area contributed by atoms with Crippen molar-refractivity contribution in [2.75, 3.05) is 18.0 Å². The number of aryl methyl sites for hydroxylation is 1. The van der Waals surface area contributed by atoms with Crippen molar-refractivity contribution in [2.24, 2.45) is 0 Å². The zero-order valence-electron chi connectivity index (χ0n) is 13.8. The zero-order chi connectivity index (χ0) is 18.6. The van der Waals surface area contributed by atoms with Gasteiger partial charge in [-0.2, -0.15) is 0 Å². The van der Waals surface area contributed by atoms with E-state index in [1.54, 1.807) is 24.3 Å². The molecule has 0 heterocycles. The summed E-state index contributed by atoms with van der Waals surface area (Å²) >= 11 is 6.01. The number of carboxylic acid groups (broad SMARTS) is 1. The van der Waals surface area contributed by atoms with Gasteiger partial charge in [-0.15, -0.1) is 0 Å². The lowest BCUT2D eigenvalue weighted by atomic mass is 10.1. The Morgan fingerprint density at radius 2 is 1.84 bits per heavy atom. The van der Waals surface area contributed by atoms with Crippen LogP contribution in [0.1, 0.15) is 12.5 Å². The van der Waals surface area contributed by atoms with Crippen molar-refractivity contribution in [2.45, 2.75) is 18.2 Å². The normalized spacial score (nSPS) is 11.2. The van der Waals surface area contributed by atoms with E-state index in [0.717, 1.165) is 16.3 Å². The van der Waals surface area contributed by atoms with Gasteiger partial charge in [-0.3, -0.25) is 9.10 Å². The monoisotopic (exact) mass is 383 g/mol. The van der Waals surface area contributed by atoms with Crippen molar-refractivity contribution in [1.82, 2.24) is 0 Å². The van der Waals surface area contributed by atoms with Gasteiger partial charge in [0, 0.05) is 0 Å². The van der Waals surface area contributed by atoms with Gasteiger partial charge < -0.3 is 9.84 Å². The Kier molecular flexibility index (Phi) is 5.92. The van der Waals surface area contributed by atoms with Gasteiger partial charge >= 0.3 is 5.97 Å². The number of carbonyl (C=O) groups is 1. The van der Waals surface area contributed by atoms with Crippen LogP contribution >= 0.6 is 11.6 Å². The SMILES string of the molecule is CCc1ccc(N(CC(=O)O)S(=O)(=O)c2ccc(OC)c(Cl)c2)cc1. The molecule has 0 saturated carbocycles. The summed E-state index contributed by atoms with van der Waals surface area (Å²) in [6.07, 6.45) is 0.792. The minimum Gasteiger partial charge on any atom is -0.495 e. The maximum Gasteiger partial charge on any atom is 0.324 e. The van der Waals surface area contributed by atoms with Gasteiger partial charge in [-0.1, -0.05) is 30.7 Å². The third kappa shape index (κ3) is 4.24. The fraction of sp³-hybridized carbons (Fsp3) is 0.235. The summed E-state index contributed by atoms with van der Waals surface area (Å²) in [6.45, 7) is 1.28. The van der Waals surface area contributed by atoms with E-state index < -0.39 is 22.5 Å². The largest absolute Gasteiger partial charge is 0.495 e. The highest BCUT2D eigenvalue weighted by Gasteiger charge is 2.27. The second kappa shape index (κ2) is 7.76. The van der Waals surface area contributed by atoms with E-state index in [9.17, 15) is 13.2 Å². The highest BCUT2D eigenvalue weighted by Crippen LogP contribution is 2.30. The van der Waals surface area contributed by atoms with E-state index in [4.69, 9.17) is 21.4 Å². The minimum atomic E-state index is -4.10. The Balaban J connectivity index is 2.51. The molecule has 2 rings (SSSR count). The maximum absolute atomic E-state index is 12.9. The van der Waals surface area contributed by atoms with E-state index in [2.05, 4.69) is 0 Å². The van der Waals surface area contributed by atoms with Gasteiger partial charge in [-0.25, -0.2) is 8.42 Å². The zero-order valence-corrected chi connectivity index (χ0v) is 15.3. The van der Waals surface area contributed by atoms with Gasteiger partial charge in [0.2, 0.25) is 0 Å². The molecule has 2 aromatic rings. The second-order valence-corrected chi connectivity index (χ2v) is 7.49. The molecule has 0 amide bonds. The summed E-state index contributed by atoms with van der Waals surface area (Å²) in [6, 6.07) is 10.7. The first-order valence-corrected chi connectivity index (χ1v) is 9.28. The van der Waals surface area contributed by atoms with Crippen molar-refractivity contribution in [3.05, 3.63) is 53.1 Å². The summed E-state index contributed by atoms with van der Waals surface area (Å²) < 4.78 is 31.7. The summed E-state index contributed by atoms with van der Waals surface area (Å²) in [5, 5.41) is 9.27. The molecule has 6 nitrogen and oxygen atoms in total. The van der Waals surface area contributed by atoms with Crippen molar-refractivity contribution in [1.29, 1.82) is 0 Å². The molecule has 0 radical (unpaired) electrons. The molecule has 0 aliphatic heterocycles. The number of anilines is 1. The lowest BCUT2D eigenvalue weighted by molar-refractivity contribution is -0.135. The van der Waals surface area contributed by atoms with Crippen LogP contribution in [0.5, 0.6) is 5.75 Å². The number of carboxylic acids is 1. The van der Waals surface area contributed by atoms with Crippen LogP contribution in [0.2, 0.25) is 5.02 Å². The lowest BCUT2D eigenvalue weighted by Crippen LogP contribution is -2.35. The van der Waals surface area contributed by atoms with E-state index in [0.29, 0.717) is 5.75 Å². The van der Waals surface area contributed by atoms with Crippen LogP contribution < -0.4 is 9.04 Å². The number of hydrogen-bond donors (Lipinski definition) is 1. The molecular formula is C17H18ClNO5S. The summed E-state index contributed by atoms with van der Waals surface area (Å²) in [7, 11) is -2.69. The van der Waals surface area contributed by atoms with Crippen LogP contribution in [0.25, 0.3) is 0 Å². The highest BCUT2D eigenvalue weighted by atomic mass is 35.5. The number of rotatable bonds is 7. The molecule has 0 fully saturated rings. The fourth-order valence-electron chi connectivity index (χ4n) is 2.27. The van der Waals surface area contributed by atoms with Gasteiger partial charge in [0.15, 0.2) is 0 Å². The molecule has 2 aromatic carbocycles. The standard InChI is InChI=1S/C17H18ClNO5S/c1-3-12-4-6-13(7-5-12)19(11-17(20)21)25(22,23)14-8-9-16(24-2)15(18)10-14/h4-10H,3,11H2,1-2H3,(H,20,21). The van der Waals surface area contributed by atoms with Crippen LogP contribution in [-0.2, 0) is 21.2 Å². The number of ether oxygens (including phenoxy) is 1. The quantitative estimate of drug-likeness (QED) is 0.793. The number of halogens is 1. The number of methoxy groups -OCH3 is 1. The summed E-state index contributed by atoms with van der Waals surface area (Å²) in [5.74, 6) is -0.930. The average molecular weight is 384 g/mol. The number of sulfonamides is 1. The third-order valence-corrected chi connectivity index (χ3v) is 5.69. The number of nitrogens with zero attached hydrogens (tertiary/aromatic N) is 1. The fourth-order valence-corrected chi connectivity index (χ4v) is 4.03. The molecule has 25 heavy (non-hydrogen) atoms. The predicted molar refractivity (Wildman–Crippen MR) is 96.0 cm³/mol. The summed E-state index contributed by atoms with van der Waals surface area (Å²) in [5.41, 5.74) is 1.29. The van der Waals surface area contributed by atoms with Gasteiger partial charge in [0.05, 0.1) is 22.7 Å². The molecule has 134 valence electrons. The highest BCUT2D eigenvalue weighted by molar-refractivity contribution is 7.92. The van der Waals surface area contributed by atoms with Gasteiger partial charge in [-0.05, 0) is 42.3 Å². The topological polar surface area (TPSA) is 83.9 Å². The first kappa shape index (κ1) is 19.1. The van der Waals surface area contributed by atoms with Gasteiger partial charge in [0.1, 0.15) is 12.3 Å². The van der Waals surface area contributed by atoms with Crippen molar-refractivity contribution < 1.29 is 23.1 Å². The first-order chi connectivity index (χ1) is 11.8. The maximum atomic E-state index is 12.9. The Morgan fingerprint density at radius 1 is 1.20 bits per heavy atom. The van der Waals surface area contributed by atoms with E-state index >= 15 is 0 Å². The molecule has 1 N–H and O–H groups in total. The van der Waals surface area contributed by atoms with Gasteiger partial charge in [0.25, 0.3) is 10.0 Å².